The zero-order chi connectivity index (χ0) is 12.2. The monoisotopic (exact) mass is 264 g/mol. The largest absolute Gasteiger partial charge is 0.383 e. The first kappa shape index (κ1) is 13.1. The number of hydrogen-bond donors (Lipinski definition) is 2. The molecule has 1 rings (SSSR count). The molecule has 0 fully saturated rings. The molecule has 6 nitrogen and oxygen atoms in total. The zero-order valence-electron chi connectivity index (χ0n) is 8.60. The summed E-state index contributed by atoms with van der Waals surface area (Å²) in [5.41, 5.74) is 5.03. The Morgan fingerprint density at radius 2 is 2.31 bits per heavy atom. The Morgan fingerprint density at radius 3 is 2.81 bits per heavy atom. The van der Waals surface area contributed by atoms with E-state index in [2.05, 4.69) is 4.72 Å². The number of thiophene rings is 1. The molecule has 0 saturated carbocycles. The summed E-state index contributed by atoms with van der Waals surface area (Å²) in [5.74, 6) is -0.636. The van der Waals surface area contributed by atoms with E-state index >= 15 is 0 Å². The molecule has 0 aromatic carbocycles. The first-order chi connectivity index (χ1) is 7.47. The van der Waals surface area contributed by atoms with Gasteiger partial charge < -0.3 is 10.5 Å². The van der Waals surface area contributed by atoms with Gasteiger partial charge in [0.05, 0.1) is 16.4 Å². The number of nitrogens with two attached hydrogens (primary N) is 1. The number of carbonyl (C=O) groups excluding carboxylic acids is 1. The second-order valence-electron chi connectivity index (χ2n) is 2.90. The van der Waals surface area contributed by atoms with Gasteiger partial charge in [-0.05, 0) is 6.07 Å². The van der Waals surface area contributed by atoms with Gasteiger partial charge in [-0.15, -0.1) is 11.3 Å². The van der Waals surface area contributed by atoms with E-state index in [0.717, 1.165) is 11.3 Å². The number of sulfonamides is 1. The summed E-state index contributed by atoms with van der Waals surface area (Å²) in [6.45, 7) is 0.465. The third-order valence-corrected chi connectivity index (χ3v) is 4.26. The van der Waals surface area contributed by atoms with E-state index in [4.69, 9.17) is 10.5 Å². The maximum atomic E-state index is 11.6. The van der Waals surface area contributed by atoms with Gasteiger partial charge in [0.15, 0.2) is 0 Å². The summed E-state index contributed by atoms with van der Waals surface area (Å²) < 4.78 is 30.3. The highest BCUT2D eigenvalue weighted by Gasteiger charge is 2.16. The van der Waals surface area contributed by atoms with Crippen molar-refractivity contribution in [3.05, 3.63) is 16.3 Å². The standard InChI is InChI=1S/C8H12N2O4S2/c1-14-3-2-10-16(12,13)6-4-7(8(9)11)15-5-6/h4-5,10H,2-3H2,1H3,(H2,9,11). The van der Waals surface area contributed by atoms with Crippen LogP contribution in [0.5, 0.6) is 0 Å². The molecule has 0 bridgehead atoms. The lowest BCUT2D eigenvalue weighted by Crippen LogP contribution is -2.26. The Hall–Kier alpha value is -0.960. The van der Waals surface area contributed by atoms with Crippen molar-refractivity contribution in [1.29, 1.82) is 0 Å². The van der Waals surface area contributed by atoms with Crippen molar-refractivity contribution in [3.8, 4) is 0 Å². The molecular weight excluding hydrogens is 252 g/mol. The highest BCUT2D eigenvalue weighted by atomic mass is 32.2. The molecule has 8 heteroatoms. The van der Waals surface area contributed by atoms with Crippen molar-refractivity contribution >= 4 is 27.3 Å². The van der Waals surface area contributed by atoms with Gasteiger partial charge in [-0.25, -0.2) is 13.1 Å². The first-order valence-electron chi connectivity index (χ1n) is 4.34. The predicted octanol–water partition coefficient (Wildman–Crippen LogP) is -0.228. The van der Waals surface area contributed by atoms with Gasteiger partial charge in [0.25, 0.3) is 5.91 Å². The summed E-state index contributed by atoms with van der Waals surface area (Å²) in [4.78, 5) is 11.1. The molecule has 0 aliphatic carbocycles. The van der Waals surface area contributed by atoms with Crippen LogP contribution in [0.2, 0.25) is 0 Å². The summed E-state index contributed by atoms with van der Waals surface area (Å²) in [7, 11) is -2.10. The number of amides is 1. The number of methoxy groups -OCH3 is 1. The van der Waals surface area contributed by atoms with Gasteiger partial charge in [-0.1, -0.05) is 0 Å². The molecule has 0 unspecified atom stereocenters. The Balaban J connectivity index is 2.78. The van der Waals surface area contributed by atoms with Crippen LogP contribution < -0.4 is 10.5 Å². The maximum absolute atomic E-state index is 11.6. The van der Waals surface area contributed by atoms with E-state index in [1.165, 1.54) is 18.6 Å². The van der Waals surface area contributed by atoms with Gasteiger partial charge in [0.1, 0.15) is 0 Å². The minimum absolute atomic E-state index is 0.0439. The zero-order valence-corrected chi connectivity index (χ0v) is 10.2. The fraction of sp³-hybridized carbons (Fsp3) is 0.375. The summed E-state index contributed by atoms with van der Waals surface area (Å²) in [5, 5.41) is 1.37. The maximum Gasteiger partial charge on any atom is 0.258 e. The van der Waals surface area contributed by atoms with Crippen molar-refractivity contribution in [3.63, 3.8) is 0 Å². The molecule has 1 aromatic rings. The molecule has 0 aliphatic rings. The van der Waals surface area contributed by atoms with Gasteiger partial charge in [0.2, 0.25) is 10.0 Å². The number of hydrogen-bond acceptors (Lipinski definition) is 5. The van der Waals surface area contributed by atoms with Crippen molar-refractivity contribution in [2.75, 3.05) is 20.3 Å². The molecule has 3 N–H and O–H groups in total. The topological polar surface area (TPSA) is 98.5 Å². The average Bonchev–Trinajstić information content (AvgIpc) is 2.67. The van der Waals surface area contributed by atoms with Crippen LogP contribution in [0.15, 0.2) is 16.3 Å². The van der Waals surface area contributed by atoms with Crippen LogP contribution in [0.25, 0.3) is 0 Å². The van der Waals surface area contributed by atoms with E-state index in [9.17, 15) is 13.2 Å². The van der Waals surface area contributed by atoms with Crippen LogP contribution >= 0.6 is 11.3 Å². The van der Waals surface area contributed by atoms with Gasteiger partial charge in [-0.2, -0.15) is 0 Å². The Morgan fingerprint density at radius 1 is 1.62 bits per heavy atom. The van der Waals surface area contributed by atoms with Crippen molar-refractivity contribution in [2.45, 2.75) is 4.90 Å². The van der Waals surface area contributed by atoms with E-state index in [1.807, 2.05) is 0 Å². The molecule has 0 aliphatic heterocycles. The van der Waals surface area contributed by atoms with Gasteiger partial charge in [-0.3, -0.25) is 4.79 Å². The van der Waals surface area contributed by atoms with Crippen LogP contribution in [-0.4, -0.2) is 34.6 Å². The smallest absolute Gasteiger partial charge is 0.258 e. The lowest BCUT2D eigenvalue weighted by Gasteiger charge is -2.03. The quantitative estimate of drug-likeness (QED) is 0.693. The lowest BCUT2D eigenvalue weighted by molar-refractivity contribution is 0.100. The molecule has 0 spiro atoms. The second kappa shape index (κ2) is 5.39. The normalized spacial score (nSPS) is 11.6. The minimum atomic E-state index is -3.57. The number of primary amides is 1. The molecule has 0 radical (unpaired) electrons. The van der Waals surface area contributed by atoms with Crippen LogP contribution in [0.3, 0.4) is 0 Å². The van der Waals surface area contributed by atoms with E-state index in [0.29, 0.717) is 0 Å². The Kier molecular flexibility index (Phi) is 4.42. The average molecular weight is 264 g/mol. The molecule has 90 valence electrons. The van der Waals surface area contributed by atoms with Gasteiger partial charge in [0, 0.05) is 19.0 Å². The first-order valence-corrected chi connectivity index (χ1v) is 6.70. The van der Waals surface area contributed by atoms with Crippen LogP contribution in [-0.2, 0) is 14.8 Å². The van der Waals surface area contributed by atoms with Gasteiger partial charge >= 0.3 is 0 Å². The van der Waals surface area contributed by atoms with E-state index in [1.54, 1.807) is 0 Å². The number of rotatable bonds is 6. The molecule has 1 amide bonds. The van der Waals surface area contributed by atoms with Crippen molar-refractivity contribution < 1.29 is 17.9 Å². The fourth-order valence-corrected chi connectivity index (χ4v) is 3.09. The number of nitrogens with one attached hydrogen (secondary N) is 1. The third kappa shape index (κ3) is 3.27. The van der Waals surface area contributed by atoms with Crippen LogP contribution in [0, 0.1) is 0 Å². The lowest BCUT2D eigenvalue weighted by atomic mass is 10.5. The number of ether oxygens (including phenoxy) is 1. The summed E-state index contributed by atoms with van der Waals surface area (Å²) in [6, 6.07) is 1.25. The summed E-state index contributed by atoms with van der Waals surface area (Å²) in [6.07, 6.45) is 0. The molecular formula is C8H12N2O4S2. The number of carbonyl (C=O) groups is 1. The molecule has 0 saturated heterocycles. The minimum Gasteiger partial charge on any atom is -0.383 e. The van der Waals surface area contributed by atoms with Crippen molar-refractivity contribution in [2.24, 2.45) is 5.73 Å². The molecule has 1 heterocycles. The van der Waals surface area contributed by atoms with Crippen LogP contribution in [0.4, 0.5) is 0 Å². The predicted molar refractivity (Wildman–Crippen MR) is 59.9 cm³/mol. The SMILES string of the molecule is COCCNS(=O)(=O)c1csc(C(N)=O)c1. The van der Waals surface area contributed by atoms with E-state index in [-0.39, 0.29) is 22.9 Å². The second-order valence-corrected chi connectivity index (χ2v) is 5.58. The Bertz CT molecular complexity index is 466. The van der Waals surface area contributed by atoms with Crippen molar-refractivity contribution in [1.82, 2.24) is 4.72 Å². The molecule has 16 heavy (non-hydrogen) atoms. The molecule has 1 aromatic heterocycles. The van der Waals surface area contributed by atoms with Crippen LogP contribution in [0.1, 0.15) is 9.67 Å². The highest BCUT2D eigenvalue weighted by molar-refractivity contribution is 7.89. The van der Waals surface area contributed by atoms with E-state index < -0.39 is 15.9 Å². The third-order valence-electron chi connectivity index (χ3n) is 1.73. The Labute approximate surface area is 97.5 Å². The fourth-order valence-electron chi connectivity index (χ4n) is 0.950. The highest BCUT2D eigenvalue weighted by Crippen LogP contribution is 2.18. The molecule has 0 atom stereocenters. The summed E-state index contributed by atoms with van der Waals surface area (Å²) >= 11 is 0.999.